The van der Waals surface area contributed by atoms with Gasteiger partial charge in [-0.05, 0) is 18.9 Å². The number of rotatable bonds is 2. The average Bonchev–Trinajstić information content (AvgIpc) is 2.74. The molecule has 1 unspecified atom stereocenters. The first-order chi connectivity index (χ1) is 9.18. The van der Waals surface area contributed by atoms with Crippen molar-refractivity contribution in [1.82, 2.24) is 9.78 Å². The molecule has 0 bridgehead atoms. The molecule has 0 amide bonds. The summed E-state index contributed by atoms with van der Waals surface area (Å²) in [5.41, 5.74) is -0.580. The molecular weight excluding hydrogens is 269 g/mol. The number of hydrogen-bond acceptors (Lipinski definition) is 2. The first-order valence-corrected chi connectivity index (χ1v) is 6.91. The third-order valence-corrected chi connectivity index (χ3v) is 3.52. The Kier molecular flexibility index (Phi) is 4.14. The van der Waals surface area contributed by atoms with E-state index in [0.717, 1.165) is 17.5 Å². The highest BCUT2D eigenvalue weighted by Gasteiger charge is 2.37. The second kappa shape index (κ2) is 5.39. The Morgan fingerprint density at radius 3 is 2.55 bits per heavy atom. The molecule has 20 heavy (non-hydrogen) atoms. The summed E-state index contributed by atoms with van der Waals surface area (Å²) in [7, 11) is 0. The molecule has 2 heterocycles. The van der Waals surface area contributed by atoms with Crippen molar-refractivity contribution < 1.29 is 17.9 Å². The predicted octanol–water partition coefficient (Wildman–Crippen LogP) is 3.63. The van der Waals surface area contributed by atoms with Crippen LogP contribution >= 0.6 is 0 Å². The summed E-state index contributed by atoms with van der Waals surface area (Å²) in [6, 6.07) is 1.17. The van der Waals surface area contributed by atoms with E-state index >= 15 is 0 Å². The fourth-order valence-corrected chi connectivity index (χ4v) is 2.35. The van der Waals surface area contributed by atoms with E-state index in [-0.39, 0.29) is 12.5 Å². The van der Waals surface area contributed by atoms with Crippen molar-refractivity contribution in [3.8, 4) is 0 Å². The van der Waals surface area contributed by atoms with Gasteiger partial charge in [-0.2, -0.15) is 18.3 Å². The molecule has 0 saturated carbocycles. The van der Waals surface area contributed by atoms with Crippen LogP contribution in [0.2, 0.25) is 0 Å². The molecule has 1 aliphatic heterocycles. The lowest BCUT2D eigenvalue weighted by Gasteiger charge is -2.23. The smallest absolute Gasteiger partial charge is 0.381 e. The first-order valence-electron chi connectivity index (χ1n) is 6.91. The van der Waals surface area contributed by atoms with Gasteiger partial charge in [-0.25, -0.2) is 0 Å². The Morgan fingerprint density at radius 1 is 1.35 bits per heavy atom. The monoisotopic (exact) mass is 290 g/mol. The quantitative estimate of drug-likeness (QED) is 0.831. The van der Waals surface area contributed by atoms with Gasteiger partial charge in [0.15, 0.2) is 0 Å². The van der Waals surface area contributed by atoms with Crippen molar-refractivity contribution in [1.29, 1.82) is 0 Å². The van der Waals surface area contributed by atoms with Gasteiger partial charge < -0.3 is 4.74 Å². The number of ether oxygens (including phenoxy) is 1. The van der Waals surface area contributed by atoms with Crippen LogP contribution in [0, 0.1) is 5.92 Å². The molecule has 114 valence electrons. The zero-order chi connectivity index (χ0) is 15.0. The zero-order valence-electron chi connectivity index (χ0n) is 12.1. The highest BCUT2D eigenvalue weighted by Crippen LogP contribution is 2.33. The normalized spacial score (nSPS) is 21.2. The van der Waals surface area contributed by atoms with Gasteiger partial charge in [0.05, 0.1) is 12.3 Å². The Labute approximate surface area is 117 Å². The van der Waals surface area contributed by atoms with Gasteiger partial charge in [-0.15, -0.1) is 0 Å². The summed E-state index contributed by atoms with van der Waals surface area (Å²) in [5.74, 6) is 0.109. The maximum Gasteiger partial charge on any atom is 0.433 e. The molecule has 0 radical (unpaired) electrons. The molecule has 3 nitrogen and oxygen atoms in total. The lowest BCUT2D eigenvalue weighted by atomic mass is 9.92. The topological polar surface area (TPSA) is 27.1 Å². The Balaban J connectivity index is 2.27. The molecule has 0 aromatic carbocycles. The number of halogens is 3. The van der Waals surface area contributed by atoms with Crippen LogP contribution in [-0.2, 0) is 22.9 Å². The number of nitrogens with zero attached hydrogens (tertiary/aromatic N) is 2. The van der Waals surface area contributed by atoms with Gasteiger partial charge >= 0.3 is 6.18 Å². The fraction of sp³-hybridized carbons (Fsp3) is 0.786. The molecule has 1 atom stereocenters. The highest BCUT2D eigenvalue weighted by molar-refractivity contribution is 5.19. The molecular formula is C14H21F3N2O. The Morgan fingerprint density at radius 2 is 2.05 bits per heavy atom. The van der Waals surface area contributed by atoms with Crippen molar-refractivity contribution in [3.63, 3.8) is 0 Å². The van der Waals surface area contributed by atoms with Crippen LogP contribution in [0.1, 0.15) is 45.0 Å². The number of alkyl halides is 3. The number of hydrogen-bond donors (Lipinski definition) is 0. The average molecular weight is 290 g/mol. The van der Waals surface area contributed by atoms with Crippen molar-refractivity contribution >= 4 is 0 Å². The first kappa shape index (κ1) is 15.4. The molecule has 2 rings (SSSR count). The standard InChI is InChI=1S/C14H21F3N2O/c1-13(2,3)11-7-12(14(15,16)17)19(18-11)8-10-5-4-6-20-9-10/h7,10H,4-6,8-9H2,1-3H3. The zero-order valence-corrected chi connectivity index (χ0v) is 12.1. The molecule has 1 aromatic heterocycles. The van der Waals surface area contributed by atoms with Gasteiger partial charge in [0.2, 0.25) is 0 Å². The Bertz CT molecular complexity index is 454. The van der Waals surface area contributed by atoms with Crippen LogP contribution in [0.3, 0.4) is 0 Å². The summed E-state index contributed by atoms with van der Waals surface area (Å²) >= 11 is 0. The maximum absolute atomic E-state index is 13.1. The summed E-state index contributed by atoms with van der Waals surface area (Å²) < 4.78 is 45.8. The second-order valence-corrected chi connectivity index (χ2v) is 6.43. The molecule has 1 aliphatic rings. The van der Waals surface area contributed by atoms with Gasteiger partial charge in [-0.1, -0.05) is 20.8 Å². The van der Waals surface area contributed by atoms with Crippen molar-refractivity contribution in [2.24, 2.45) is 5.92 Å². The number of aromatic nitrogens is 2. The van der Waals surface area contributed by atoms with Crippen LogP contribution in [0.4, 0.5) is 13.2 Å². The molecule has 0 spiro atoms. The van der Waals surface area contributed by atoms with E-state index in [4.69, 9.17) is 4.74 Å². The molecule has 1 saturated heterocycles. The lowest BCUT2D eigenvalue weighted by molar-refractivity contribution is -0.144. The minimum Gasteiger partial charge on any atom is -0.381 e. The van der Waals surface area contributed by atoms with E-state index < -0.39 is 17.3 Å². The second-order valence-electron chi connectivity index (χ2n) is 6.43. The van der Waals surface area contributed by atoms with Gasteiger partial charge in [0, 0.05) is 24.5 Å². The lowest BCUT2D eigenvalue weighted by Crippen LogP contribution is -2.25. The molecule has 0 aliphatic carbocycles. The fourth-order valence-electron chi connectivity index (χ4n) is 2.35. The minimum atomic E-state index is -4.37. The van der Waals surface area contributed by atoms with E-state index in [1.807, 2.05) is 20.8 Å². The van der Waals surface area contributed by atoms with Crippen LogP contribution in [0.25, 0.3) is 0 Å². The summed E-state index contributed by atoms with van der Waals surface area (Å²) in [6.07, 6.45) is -2.58. The maximum atomic E-state index is 13.1. The summed E-state index contributed by atoms with van der Waals surface area (Å²) in [5, 5.41) is 4.18. The summed E-state index contributed by atoms with van der Waals surface area (Å²) in [4.78, 5) is 0. The third kappa shape index (κ3) is 3.53. The van der Waals surface area contributed by atoms with Crippen LogP contribution in [-0.4, -0.2) is 23.0 Å². The van der Waals surface area contributed by atoms with E-state index in [0.29, 0.717) is 18.9 Å². The van der Waals surface area contributed by atoms with E-state index in [9.17, 15) is 13.2 Å². The van der Waals surface area contributed by atoms with Crippen molar-refractivity contribution in [3.05, 3.63) is 17.5 Å². The van der Waals surface area contributed by atoms with Gasteiger partial charge in [0.25, 0.3) is 0 Å². The van der Waals surface area contributed by atoms with E-state index in [1.54, 1.807) is 0 Å². The van der Waals surface area contributed by atoms with Crippen LogP contribution < -0.4 is 0 Å². The highest BCUT2D eigenvalue weighted by atomic mass is 19.4. The SMILES string of the molecule is CC(C)(C)c1cc(C(F)(F)F)n(CC2CCCOC2)n1. The molecule has 0 N–H and O–H groups in total. The Hall–Kier alpha value is -1.04. The minimum absolute atomic E-state index is 0.109. The molecule has 1 aromatic rings. The van der Waals surface area contributed by atoms with Gasteiger partial charge in [-0.3, -0.25) is 4.68 Å². The molecule has 6 heteroatoms. The van der Waals surface area contributed by atoms with E-state index in [2.05, 4.69) is 5.10 Å². The molecule has 1 fully saturated rings. The summed E-state index contributed by atoms with van der Waals surface area (Å²) in [6.45, 7) is 7.08. The van der Waals surface area contributed by atoms with Gasteiger partial charge in [0.1, 0.15) is 5.69 Å². The predicted molar refractivity (Wildman–Crippen MR) is 69.5 cm³/mol. The largest absolute Gasteiger partial charge is 0.433 e. The van der Waals surface area contributed by atoms with E-state index in [1.165, 1.54) is 6.07 Å². The van der Waals surface area contributed by atoms with Crippen molar-refractivity contribution in [2.45, 2.75) is 51.7 Å². The van der Waals surface area contributed by atoms with Crippen molar-refractivity contribution in [2.75, 3.05) is 13.2 Å². The van der Waals surface area contributed by atoms with Crippen LogP contribution in [0.15, 0.2) is 6.07 Å². The third-order valence-electron chi connectivity index (χ3n) is 3.52. The van der Waals surface area contributed by atoms with Crippen LogP contribution in [0.5, 0.6) is 0 Å².